The first-order chi connectivity index (χ1) is 6.27. The van der Waals surface area contributed by atoms with Gasteiger partial charge >= 0.3 is 5.97 Å². The van der Waals surface area contributed by atoms with Crippen molar-refractivity contribution in [2.75, 3.05) is 0 Å². The average Bonchev–Trinajstić information content (AvgIpc) is 2.17. The lowest BCUT2D eigenvalue weighted by molar-refractivity contribution is 0.0691. The van der Waals surface area contributed by atoms with Crippen LogP contribution < -0.4 is 0 Å². The van der Waals surface area contributed by atoms with Crippen molar-refractivity contribution in [3.05, 3.63) is 30.4 Å². The molecule has 0 saturated heterocycles. The van der Waals surface area contributed by atoms with E-state index in [0.29, 0.717) is 5.65 Å². The van der Waals surface area contributed by atoms with Crippen molar-refractivity contribution in [3.8, 4) is 0 Å². The van der Waals surface area contributed by atoms with Crippen LogP contribution in [-0.2, 0) is 0 Å². The van der Waals surface area contributed by atoms with Gasteiger partial charge in [0.2, 0.25) is 0 Å². The Hall–Kier alpha value is -2.04. The number of fused-ring (bicyclic) bond motifs is 1. The molecule has 0 bridgehead atoms. The zero-order valence-electron chi connectivity index (χ0n) is 6.51. The van der Waals surface area contributed by atoms with Crippen LogP contribution in [0, 0.1) is 0 Å². The molecule has 0 radical (unpaired) electrons. The smallest absolute Gasteiger partial charge is 0.354 e. The van der Waals surface area contributed by atoms with Crippen LogP contribution in [0.15, 0.2) is 24.7 Å². The Morgan fingerprint density at radius 2 is 2.23 bits per heavy atom. The molecular weight excluding hydrogens is 170 g/mol. The van der Waals surface area contributed by atoms with Gasteiger partial charge in [0.1, 0.15) is 6.33 Å². The van der Waals surface area contributed by atoms with E-state index in [9.17, 15) is 4.79 Å². The summed E-state index contributed by atoms with van der Waals surface area (Å²) in [6.45, 7) is 0. The number of carboxylic acid groups (broad SMARTS) is 1. The Labute approximate surface area is 73.1 Å². The molecule has 1 N–H and O–H groups in total. The summed E-state index contributed by atoms with van der Waals surface area (Å²) in [7, 11) is 0. The van der Waals surface area contributed by atoms with Gasteiger partial charge in [-0.05, 0) is 12.1 Å². The number of hydrogen-bond donors (Lipinski definition) is 1. The lowest BCUT2D eigenvalue weighted by atomic mass is 10.3. The third-order valence-corrected chi connectivity index (χ3v) is 1.58. The third kappa shape index (κ3) is 1.31. The summed E-state index contributed by atoms with van der Waals surface area (Å²) in [5.41, 5.74) is 0.390. The quantitative estimate of drug-likeness (QED) is 0.691. The summed E-state index contributed by atoms with van der Waals surface area (Å²) >= 11 is 0. The molecule has 0 saturated carbocycles. The second-order valence-electron chi connectivity index (χ2n) is 2.44. The SMILES string of the molecule is O=C(O)c1ccc2cncnc2n1. The molecule has 0 fully saturated rings. The molecular formula is C8H5N3O2. The zero-order chi connectivity index (χ0) is 9.26. The molecule has 0 aliphatic carbocycles. The third-order valence-electron chi connectivity index (χ3n) is 1.58. The van der Waals surface area contributed by atoms with Crippen molar-refractivity contribution < 1.29 is 9.90 Å². The van der Waals surface area contributed by atoms with Crippen LogP contribution in [0.5, 0.6) is 0 Å². The molecule has 2 aromatic heterocycles. The zero-order valence-corrected chi connectivity index (χ0v) is 6.51. The van der Waals surface area contributed by atoms with Gasteiger partial charge in [0.05, 0.1) is 0 Å². The number of pyridine rings is 1. The minimum atomic E-state index is -1.06. The molecule has 2 aromatic rings. The van der Waals surface area contributed by atoms with Crippen LogP contribution >= 0.6 is 0 Å². The molecule has 0 aliphatic heterocycles. The van der Waals surface area contributed by atoms with Crippen LogP contribution in [0.2, 0.25) is 0 Å². The first kappa shape index (κ1) is 7.60. The fourth-order valence-corrected chi connectivity index (χ4v) is 0.984. The predicted octanol–water partition coefficient (Wildman–Crippen LogP) is 0.723. The first-order valence-corrected chi connectivity index (χ1v) is 3.57. The summed E-state index contributed by atoms with van der Waals surface area (Å²) in [4.78, 5) is 22.0. The molecule has 2 rings (SSSR count). The summed E-state index contributed by atoms with van der Waals surface area (Å²) in [6.07, 6.45) is 2.92. The Morgan fingerprint density at radius 1 is 1.38 bits per heavy atom. The lowest BCUT2D eigenvalue weighted by Gasteiger charge is -1.95. The van der Waals surface area contributed by atoms with E-state index in [2.05, 4.69) is 15.0 Å². The summed E-state index contributed by atoms with van der Waals surface area (Å²) in [6, 6.07) is 3.06. The Kier molecular flexibility index (Phi) is 1.63. The van der Waals surface area contributed by atoms with E-state index in [1.54, 1.807) is 12.3 Å². The number of nitrogens with zero attached hydrogens (tertiary/aromatic N) is 3. The van der Waals surface area contributed by atoms with Gasteiger partial charge in [-0.2, -0.15) is 0 Å². The van der Waals surface area contributed by atoms with Gasteiger partial charge in [-0.25, -0.2) is 19.7 Å². The number of rotatable bonds is 1. The van der Waals surface area contributed by atoms with Crippen molar-refractivity contribution in [2.45, 2.75) is 0 Å². The maximum absolute atomic E-state index is 10.5. The normalized spacial score (nSPS) is 10.2. The number of aromatic nitrogens is 3. The highest BCUT2D eigenvalue weighted by Gasteiger charge is 2.05. The Morgan fingerprint density at radius 3 is 3.00 bits per heavy atom. The second-order valence-corrected chi connectivity index (χ2v) is 2.44. The Balaban J connectivity index is 2.69. The van der Waals surface area contributed by atoms with Gasteiger partial charge in [-0.1, -0.05) is 0 Å². The number of hydrogen-bond acceptors (Lipinski definition) is 4. The highest BCUT2D eigenvalue weighted by Crippen LogP contribution is 2.07. The van der Waals surface area contributed by atoms with Gasteiger partial charge in [0.15, 0.2) is 11.3 Å². The van der Waals surface area contributed by atoms with E-state index >= 15 is 0 Å². The molecule has 13 heavy (non-hydrogen) atoms. The molecule has 0 amide bonds. The molecule has 2 heterocycles. The van der Waals surface area contributed by atoms with Crippen LogP contribution in [0.3, 0.4) is 0 Å². The highest BCUT2D eigenvalue weighted by atomic mass is 16.4. The molecule has 0 spiro atoms. The minimum absolute atomic E-state index is 0.00815. The van der Waals surface area contributed by atoms with E-state index in [1.807, 2.05) is 0 Å². The van der Waals surface area contributed by atoms with E-state index in [4.69, 9.17) is 5.11 Å². The number of carboxylic acids is 1. The maximum Gasteiger partial charge on any atom is 0.354 e. The van der Waals surface area contributed by atoms with Gasteiger partial charge in [-0.15, -0.1) is 0 Å². The lowest BCUT2D eigenvalue weighted by Crippen LogP contribution is -2.00. The van der Waals surface area contributed by atoms with Gasteiger partial charge < -0.3 is 5.11 Å². The molecule has 0 unspecified atom stereocenters. The van der Waals surface area contributed by atoms with Crippen LogP contribution in [0.4, 0.5) is 0 Å². The van der Waals surface area contributed by atoms with E-state index in [0.717, 1.165) is 5.39 Å². The number of aromatic carboxylic acids is 1. The van der Waals surface area contributed by atoms with Crippen LogP contribution in [0.1, 0.15) is 10.5 Å². The summed E-state index contributed by atoms with van der Waals surface area (Å²) in [5, 5.41) is 9.37. The summed E-state index contributed by atoms with van der Waals surface area (Å²) in [5.74, 6) is -1.06. The van der Waals surface area contributed by atoms with E-state index in [-0.39, 0.29) is 5.69 Å². The standard InChI is InChI=1S/C8H5N3O2/c12-8(13)6-2-1-5-3-9-4-10-7(5)11-6/h1-4H,(H,12,13). The second kappa shape index (κ2) is 2.78. The first-order valence-electron chi connectivity index (χ1n) is 3.57. The fourth-order valence-electron chi connectivity index (χ4n) is 0.984. The fraction of sp³-hybridized carbons (Fsp3) is 0. The predicted molar refractivity (Wildman–Crippen MR) is 44.3 cm³/mol. The Bertz CT molecular complexity index is 470. The topological polar surface area (TPSA) is 76.0 Å². The highest BCUT2D eigenvalue weighted by molar-refractivity contribution is 5.88. The minimum Gasteiger partial charge on any atom is -0.477 e. The van der Waals surface area contributed by atoms with Crippen LogP contribution in [-0.4, -0.2) is 26.0 Å². The molecule has 5 nitrogen and oxygen atoms in total. The number of carbonyl (C=O) groups is 1. The molecule has 5 heteroatoms. The van der Waals surface area contributed by atoms with Crippen molar-refractivity contribution in [2.24, 2.45) is 0 Å². The van der Waals surface area contributed by atoms with Crippen LogP contribution in [0.25, 0.3) is 11.0 Å². The van der Waals surface area contributed by atoms with Gasteiger partial charge in [0.25, 0.3) is 0 Å². The summed E-state index contributed by atoms with van der Waals surface area (Å²) < 4.78 is 0. The van der Waals surface area contributed by atoms with Crippen molar-refractivity contribution >= 4 is 17.0 Å². The molecule has 0 atom stereocenters. The average molecular weight is 175 g/mol. The van der Waals surface area contributed by atoms with Gasteiger partial charge in [-0.3, -0.25) is 0 Å². The van der Waals surface area contributed by atoms with Crippen molar-refractivity contribution in [1.29, 1.82) is 0 Å². The van der Waals surface area contributed by atoms with Crippen molar-refractivity contribution in [1.82, 2.24) is 15.0 Å². The van der Waals surface area contributed by atoms with Crippen molar-refractivity contribution in [3.63, 3.8) is 0 Å². The molecule has 64 valence electrons. The largest absolute Gasteiger partial charge is 0.477 e. The van der Waals surface area contributed by atoms with E-state index in [1.165, 1.54) is 12.4 Å². The monoisotopic (exact) mass is 175 g/mol. The maximum atomic E-state index is 10.5. The van der Waals surface area contributed by atoms with Gasteiger partial charge in [0, 0.05) is 11.6 Å². The van der Waals surface area contributed by atoms with E-state index < -0.39 is 5.97 Å². The molecule has 0 aliphatic rings. The molecule has 0 aromatic carbocycles.